The fraction of sp³-hybridized carbons (Fsp3) is 0.222. The summed E-state index contributed by atoms with van der Waals surface area (Å²) < 4.78 is 10.5. The van der Waals surface area contributed by atoms with Crippen molar-refractivity contribution >= 4 is 29.2 Å². The van der Waals surface area contributed by atoms with Crippen LogP contribution in [0.2, 0.25) is 5.02 Å². The molecule has 0 aliphatic rings. The summed E-state index contributed by atoms with van der Waals surface area (Å²) >= 11 is 6.01. The van der Waals surface area contributed by atoms with Gasteiger partial charge in [0.2, 0.25) is 0 Å². The van der Waals surface area contributed by atoms with Gasteiger partial charge in [-0.1, -0.05) is 29.8 Å². The Morgan fingerprint density at radius 3 is 2.62 bits per heavy atom. The van der Waals surface area contributed by atoms with Gasteiger partial charge in [0.25, 0.3) is 5.91 Å². The number of amides is 1. The number of hydrogen-bond acceptors (Lipinski definition) is 4. The summed E-state index contributed by atoms with van der Waals surface area (Å²) in [7, 11) is 0. The van der Waals surface area contributed by atoms with Crippen molar-refractivity contribution in [3.8, 4) is 5.75 Å². The Kier molecular flexibility index (Phi) is 6.21. The monoisotopic (exact) mass is 347 g/mol. The molecule has 0 radical (unpaired) electrons. The van der Waals surface area contributed by atoms with Crippen LogP contribution in [0.4, 0.5) is 5.69 Å². The predicted octanol–water partition coefficient (Wildman–Crippen LogP) is 3.92. The number of ether oxygens (including phenoxy) is 2. The van der Waals surface area contributed by atoms with Crippen molar-refractivity contribution < 1.29 is 19.1 Å². The first-order valence-electron chi connectivity index (χ1n) is 7.50. The first kappa shape index (κ1) is 17.8. The minimum Gasteiger partial charge on any atom is -0.481 e. The van der Waals surface area contributed by atoms with Crippen molar-refractivity contribution in [1.82, 2.24) is 0 Å². The highest BCUT2D eigenvalue weighted by atomic mass is 35.5. The van der Waals surface area contributed by atoms with Gasteiger partial charge in [0.1, 0.15) is 5.75 Å². The average Bonchev–Trinajstić information content (AvgIpc) is 2.57. The molecule has 0 saturated carbocycles. The maximum Gasteiger partial charge on any atom is 0.338 e. The highest BCUT2D eigenvalue weighted by Crippen LogP contribution is 2.21. The number of carbonyl (C=O) groups is 2. The first-order chi connectivity index (χ1) is 11.5. The van der Waals surface area contributed by atoms with Crippen LogP contribution in [0.25, 0.3) is 0 Å². The van der Waals surface area contributed by atoms with Crippen molar-refractivity contribution in [2.24, 2.45) is 0 Å². The van der Waals surface area contributed by atoms with Crippen molar-refractivity contribution in [2.45, 2.75) is 20.0 Å². The second kappa shape index (κ2) is 8.36. The van der Waals surface area contributed by atoms with E-state index in [4.69, 9.17) is 21.1 Å². The third kappa shape index (κ3) is 4.73. The molecule has 1 atom stereocenters. The maximum atomic E-state index is 12.2. The average molecular weight is 348 g/mol. The number of halogens is 1. The van der Waals surface area contributed by atoms with E-state index >= 15 is 0 Å². The van der Waals surface area contributed by atoms with E-state index in [1.54, 1.807) is 56.3 Å². The molecule has 2 aromatic rings. The number of benzene rings is 2. The van der Waals surface area contributed by atoms with E-state index in [-0.39, 0.29) is 5.91 Å². The number of nitrogens with one attached hydrogen (secondary N) is 1. The molecule has 0 heterocycles. The second-order valence-corrected chi connectivity index (χ2v) is 5.38. The van der Waals surface area contributed by atoms with E-state index in [0.29, 0.717) is 28.6 Å². The Bertz CT molecular complexity index is 732. The SMILES string of the molecule is CCOC(=O)c1cccc(OC(C)C(=O)Nc2ccccc2Cl)c1. The summed E-state index contributed by atoms with van der Waals surface area (Å²) in [6.45, 7) is 3.64. The zero-order valence-corrected chi connectivity index (χ0v) is 14.2. The molecule has 1 unspecified atom stereocenters. The Hall–Kier alpha value is -2.53. The minimum absolute atomic E-state index is 0.292. The van der Waals surface area contributed by atoms with Gasteiger partial charge in [0.15, 0.2) is 6.10 Å². The summed E-state index contributed by atoms with van der Waals surface area (Å²) in [4.78, 5) is 23.9. The lowest BCUT2D eigenvalue weighted by Gasteiger charge is -2.15. The van der Waals surface area contributed by atoms with Gasteiger partial charge in [-0.3, -0.25) is 4.79 Å². The van der Waals surface area contributed by atoms with Gasteiger partial charge < -0.3 is 14.8 Å². The van der Waals surface area contributed by atoms with Gasteiger partial charge in [-0.25, -0.2) is 4.79 Å². The topological polar surface area (TPSA) is 64.6 Å². The summed E-state index contributed by atoms with van der Waals surface area (Å²) in [5, 5.41) is 3.15. The summed E-state index contributed by atoms with van der Waals surface area (Å²) in [6, 6.07) is 13.4. The molecule has 2 aromatic carbocycles. The molecule has 1 N–H and O–H groups in total. The first-order valence-corrected chi connectivity index (χ1v) is 7.88. The smallest absolute Gasteiger partial charge is 0.338 e. The molecule has 0 aliphatic carbocycles. The van der Waals surface area contributed by atoms with Crippen LogP contribution in [0.1, 0.15) is 24.2 Å². The highest BCUT2D eigenvalue weighted by Gasteiger charge is 2.17. The van der Waals surface area contributed by atoms with Gasteiger partial charge in [0.05, 0.1) is 22.9 Å². The van der Waals surface area contributed by atoms with Crippen LogP contribution >= 0.6 is 11.6 Å². The third-order valence-electron chi connectivity index (χ3n) is 3.16. The molecule has 5 nitrogen and oxygen atoms in total. The van der Waals surface area contributed by atoms with Crippen LogP contribution in [0, 0.1) is 0 Å². The molecule has 0 spiro atoms. The van der Waals surface area contributed by atoms with Crippen LogP contribution < -0.4 is 10.1 Å². The molecular weight excluding hydrogens is 330 g/mol. The van der Waals surface area contributed by atoms with Gasteiger partial charge in [-0.05, 0) is 44.2 Å². The van der Waals surface area contributed by atoms with Crippen LogP contribution in [0.3, 0.4) is 0 Å². The Morgan fingerprint density at radius 1 is 1.17 bits per heavy atom. The number of hydrogen-bond donors (Lipinski definition) is 1. The Balaban J connectivity index is 2.02. The molecule has 1 amide bonds. The maximum absolute atomic E-state index is 12.2. The molecule has 0 aliphatic heterocycles. The lowest BCUT2D eigenvalue weighted by molar-refractivity contribution is -0.122. The molecule has 0 bridgehead atoms. The zero-order chi connectivity index (χ0) is 17.5. The number of carbonyl (C=O) groups excluding carboxylic acids is 2. The van der Waals surface area contributed by atoms with E-state index in [9.17, 15) is 9.59 Å². The van der Waals surface area contributed by atoms with Gasteiger partial charge in [-0.15, -0.1) is 0 Å². The molecule has 0 fully saturated rings. The quantitative estimate of drug-likeness (QED) is 0.804. The molecular formula is C18H18ClNO4. The van der Waals surface area contributed by atoms with Crippen LogP contribution in [0.5, 0.6) is 5.75 Å². The summed E-state index contributed by atoms with van der Waals surface area (Å²) in [5.41, 5.74) is 0.882. The standard InChI is InChI=1S/C18H18ClNO4/c1-3-23-18(22)13-7-6-8-14(11-13)24-12(2)17(21)20-16-10-5-4-9-15(16)19/h4-12H,3H2,1-2H3,(H,20,21). The fourth-order valence-corrected chi connectivity index (χ4v) is 2.15. The second-order valence-electron chi connectivity index (χ2n) is 4.98. The van der Waals surface area contributed by atoms with Crippen molar-refractivity contribution in [3.63, 3.8) is 0 Å². The van der Waals surface area contributed by atoms with Crippen LogP contribution in [0.15, 0.2) is 48.5 Å². The van der Waals surface area contributed by atoms with Crippen LogP contribution in [-0.4, -0.2) is 24.6 Å². The highest BCUT2D eigenvalue weighted by molar-refractivity contribution is 6.33. The lowest BCUT2D eigenvalue weighted by Crippen LogP contribution is -2.30. The normalized spacial score (nSPS) is 11.5. The Morgan fingerprint density at radius 2 is 1.92 bits per heavy atom. The molecule has 126 valence electrons. The third-order valence-corrected chi connectivity index (χ3v) is 3.49. The molecule has 6 heteroatoms. The number of anilines is 1. The number of esters is 1. The molecule has 2 rings (SSSR count). The lowest BCUT2D eigenvalue weighted by atomic mass is 10.2. The largest absolute Gasteiger partial charge is 0.481 e. The van der Waals surface area contributed by atoms with E-state index in [0.717, 1.165) is 0 Å². The molecule has 24 heavy (non-hydrogen) atoms. The van der Waals surface area contributed by atoms with E-state index in [1.807, 2.05) is 0 Å². The summed E-state index contributed by atoms with van der Waals surface area (Å²) in [5.74, 6) is -0.372. The van der Waals surface area contributed by atoms with E-state index in [2.05, 4.69) is 5.32 Å². The van der Waals surface area contributed by atoms with Gasteiger partial charge in [0, 0.05) is 0 Å². The minimum atomic E-state index is -0.765. The van der Waals surface area contributed by atoms with Crippen molar-refractivity contribution in [1.29, 1.82) is 0 Å². The zero-order valence-electron chi connectivity index (χ0n) is 13.4. The summed E-state index contributed by atoms with van der Waals surface area (Å²) in [6.07, 6.45) is -0.765. The molecule has 0 saturated heterocycles. The number of para-hydroxylation sites is 1. The van der Waals surface area contributed by atoms with E-state index < -0.39 is 12.1 Å². The van der Waals surface area contributed by atoms with Gasteiger partial charge >= 0.3 is 5.97 Å². The van der Waals surface area contributed by atoms with Crippen LogP contribution in [-0.2, 0) is 9.53 Å². The predicted molar refractivity (Wildman–Crippen MR) is 92.6 cm³/mol. The Labute approximate surface area is 145 Å². The van der Waals surface area contributed by atoms with Gasteiger partial charge in [-0.2, -0.15) is 0 Å². The molecule has 0 aromatic heterocycles. The van der Waals surface area contributed by atoms with Crippen molar-refractivity contribution in [3.05, 3.63) is 59.1 Å². The van der Waals surface area contributed by atoms with E-state index in [1.165, 1.54) is 6.07 Å². The number of rotatable bonds is 6. The van der Waals surface area contributed by atoms with Crippen molar-refractivity contribution in [2.75, 3.05) is 11.9 Å². The fourth-order valence-electron chi connectivity index (χ4n) is 1.97.